The Bertz CT molecular complexity index is 646. The van der Waals surface area contributed by atoms with E-state index in [1.807, 2.05) is 31.2 Å². The number of nitrogen functional groups attached to an aromatic ring is 1. The second-order valence-electron chi connectivity index (χ2n) is 4.06. The lowest BCUT2D eigenvalue weighted by Gasteiger charge is -2.13. The molecular formula is C14H14N4O. The SMILES string of the molecule is COc1ccc(C)cc1Nc1nccc(C#N)c1N. The Morgan fingerprint density at radius 3 is 2.84 bits per heavy atom. The summed E-state index contributed by atoms with van der Waals surface area (Å²) in [4.78, 5) is 4.14. The van der Waals surface area contributed by atoms with Gasteiger partial charge in [0.15, 0.2) is 5.82 Å². The predicted octanol–water partition coefficient (Wildman–Crippen LogP) is 2.60. The average molecular weight is 254 g/mol. The van der Waals surface area contributed by atoms with Gasteiger partial charge in [-0.1, -0.05) is 6.07 Å². The smallest absolute Gasteiger partial charge is 0.155 e. The van der Waals surface area contributed by atoms with E-state index in [0.29, 0.717) is 22.8 Å². The Morgan fingerprint density at radius 1 is 1.37 bits per heavy atom. The lowest BCUT2D eigenvalue weighted by molar-refractivity contribution is 0.416. The average Bonchev–Trinajstić information content (AvgIpc) is 2.41. The van der Waals surface area contributed by atoms with E-state index in [9.17, 15) is 0 Å². The van der Waals surface area contributed by atoms with E-state index in [4.69, 9.17) is 15.7 Å². The van der Waals surface area contributed by atoms with Crippen molar-refractivity contribution in [2.24, 2.45) is 0 Å². The molecule has 3 N–H and O–H groups in total. The third-order valence-corrected chi connectivity index (χ3v) is 2.72. The van der Waals surface area contributed by atoms with E-state index < -0.39 is 0 Å². The second-order valence-corrected chi connectivity index (χ2v) is 4.06. The molecule has 5 nitrogen and oxygen atoms in total. The highest BCUT2D eigenvalue weighted by Crippen LogP contribution is 2.30. The van der Waals surface area contributed by atoms with Gasteiger partial charge in [0.2, 0.25) is 0 Å². The van der Waals surface area contributed by atoms with E-state index in [0.717, 1.165) is 11.3 Å². The summed E-state index contributed by atoms with van der Waals surface area (Å²) in [5, 5.41) is 12.0. The van der Waals surface area contributed by atoms with Crippen molar-refractivity contribution in [1.29, 1.82) is 5.26 Å². The van der Waals surface area contributed by atoms with Crippen LogP contribution in [0.25, 0.3) is 0 Å². The Morgan fingerprint density at radius 2 is 2.16 bits per heavy atom. The van der Waals surface area contributed by atoms with Crippen LogP contribution in [0.5, 0.6) is 5.75 Å². The van der Waals surface area contributed by atoms with Crippen LogP contribution < -0.4 is 15.8 Å². The number of aryl methyl sites for hydroxylation is 1. The van der Waals surface area contributed by atoms with Crippen molar-refractivity contribution in [2.45, 2.75) is 6.92 Å². The maximum Gasteiger partial charge on any atom is 0.155 e. The minimum atomic E-state index is 0.327. The molecule has 1 heterocycles. The van der Waals surface area contributed by atoms with Gasteiger partial charge in [-0.3, -0.25) is 0 Å². The fourth-order valence-corrected chi connectivity index (χ4v) is 1.72. The summed E-state index contributed by atoms with van der Waals surface area (Å²) in [7, 11) is 1.60. The summed E-state index contributed by atoms with van der Waals surface area (Å²) in [5.41, 5.74) is 8.45. The first-order valence-electron chi connectivity index (χ1n) is 5.72. The molecule has 0 atom stereocenters. The molecule has 0 spiro atoms. The van der Waals surface area contributed by atoms with Crippen LogP contribution in [0.1, 0.15) is 11.1 Å². The van der Waals surface area contributed by atoms with E-state index >= 15 is 0 Å². The highest BCUT2D eigenvalue weighted by molar-refractivity contribution is 5.76. The number of nitrogens with one attached hydrogen (secondary N) is 1. The summed E-state index contributed by atoms with van der Waals surface area (Å²) in [6, 6.07) is 9.35. The van der Waals surface area contributed by atoms with E-state index in [1.54, 1.807) is 19.4 Å². The molecule has 1 aromatic carbocycles. The third kappa shape index (κ3) is 2.58. The Kier molecular flexibility index (Phi) is 3.53. The lowest BCUT2D eigenvalue weighted by atomic mass is 10.2. The number of rotatable bonds is 3. The van der Waals surface area contributed by atoms with Crippen molar-refractivity contribution in [2.75, 3.05) is 18.2 Å². The van der Waals surface area contributed by atoms with Crippen molar-refractivity contribution in [3.63, 3.8) is 0 Å². The molecule has 0 unspecified atom stereocenters. The van der Waals surface area contributed by atoms with Crippen molar-refractivity contribution < 1.29 is 4.74 Å². The maximum absolute atomic E-state index is 8.94. The van der Waals surface area contributed by atoms with Crippen LogP contribution in [0.3, 0.4) is 0 Å². The minimum Gasteiger partial charge on any atom is -0.495 e. The first-order valence-corrected chi connectivity index (χ1v) is 5.72. The van der Waals surface area contributed by atoms with Crippen molar-refractivity contribution >= 4 is 17.2 Å². The van der Waals surface area contributed by atoms with E-state index in [2.05, 4.69) is 10.3 Å². The molecule has 2 rings (SSSR count). The molecule has 0 amide bonds. The zero-order valence-corrected chi connectivity index (χ0v) is 10.8. The number of benzene rings is 1. The maximum atomic E-state index is 8.94. The summed E-state index contributed by atoms with van der Waals surface area (Å²) in [6.45, 7) is 1.98. The number of hydrogen-bond donors (Lipinski definition) is 2. The van der Waals surface area contributed by atoms with E-state index in [-0.39, 0.29) is 0 Å². The molecule has 5 heteroatoms. The summed E-state index contributed by atoms with van der Waals surface area (Å²) >= 11 is 0. The molecule has 0 aliphatic carbocycles. The number of nitriles is 1. The monoisotopic (exact) mass is 254 g/mol. The van der Waals surface area contributed by atoms with Crippen molar-refractivity contribution in [3.8, 4) is 11.8 Å². The highest BCUT2D eigenvalue weighted by Gasteiger charge is 2.09. The van der Waals surface area contributed by atoms with Crippen LogP contribution in [-0.2, 0) is 0 Å². The van der Waals surface area contributed by atoms with Gasteiger partial charge in [-0.05, 0) is 30.7 Å². The fourth-order valence-electron chi connectivity index (χ4n) is 1.72. The summed E-state index contributed by atoms with van der Waals surface area (Å²) in [5.74, 6) is 1.14. The molecule has 0 saturated carbocycles. The molecule has 19 heavy (non-hydrogen) atoms. The number of hydrogen-bond acceptors (Lipinski definition) is 5. The van der Waals surface area contributed by atoms with Crippen LogP contribution in [0.4, 0.5) is 17.2 Å². The number of anilines is 3. The standard InChI is InChI=1S/C14H14N4O/c1-9-3-4-12(19-2)11(7-9)18-14-13(16)10(8-15)5-6-17-14/h3-7H,16H2,1-2H3,(H,17,18). The zero-order valence-electron chi connectivity index (χ0n) is 10.8. The van der Waals surface area contributed by atoms with Crippen molar-refractivity contribution in [3.05, 3.63) is 41.6 Å². The van der Waals surface area contributed by atoms with Gasteiger partial charge in [0.25, 0.3) is 0 Å². The van der Waals surface area contributed by atoms with Crippen molar-refractivity contribution in [1.82, 2.24) is 4.98 Å². The van der Waals surface area contributed by atoms with Crippen LogP contribution >= 0.6 is 0 Å². The molecular weight excluding hydrogens is 240 g/mol. The Hall–Kier alpha value is -2.74. The summed E-state index contributed by atoms with van der Waals surface area (Å²) in [6.07, 6.45) is 1.54. The number of aromatic nitrogens is 1. The largest absolute Gasteiger partial charge is 0.495 e. The van der Waals surface area contributed by atoms with Gasteiger partial charge in [-0.2, -0.15) is 5.26 Å². The number of nitrogens with zero attached hydrogens (tertiary/aromatic N) is 2. The molecule has 0 saturated heterocycles. The van der Waals surface area contributed by atoms with Gasteiger partial charge in [0.1, 0.15) is 11.8 Å². The molecule has 96 valence electrons. The van der Waals surface area contributed by atoms with E-state index in [1.165, 1.54) is 0 Å². The topological polar surface area (TPSA) is 84.0 Å². The molecule has 1 aromatic heterocycles. The quantitative estimate of drug-likeness (QED) is 0.879. The van der Waals surface area contributed by atoms with Gasteiger partial charge in [0.05, 0.1) is 24.0 Å². The molecule has 0 aliphatic rings. The Labute approximate surface area is 111 Å². The zero-order chi connectivity index (χ0) is 13.8. The van der Waals surface area contributed by atoms with Gasteiger partial charge in [-0.25, -0.2) is 4.98 Å². The Balaban J connectivity index is 2.42. The first kappa shape index (κ1) is 12.7. The first-order chi connectivity index (χ1) is 9.15. The van der Waals surface area contributed by atoms with Gasteiger partial charge >= 0.3 is 0 Å². The van der Waals surface area contributed by atoms with Crippen LogP contribution in [0.2, 0.25) is 0 Å². The van der Waals surface area contributed by atoms with Crippen LogP contribution in [-0.4, -0.2) is 12.1 Å². The number of ether oxygens (including phenoxy) is 1. The van der Waals surface area contributed by atoms with Crippen LogP contribution in [0, 0.1) is 18.3 Å². The highest BCUT2D eigenvalue weighted by atomic mass is 16.5. The van der Waals surface area contributed by atoms with Gasteiger partial charge in [0, 0.05) is 6.20 Å². The van der Waals surface area contributed by atoms with Gasteiger partial charge < -0.3 is 15.8 Å². The second kappa shape index (κ2) is 5.27. The number of nitrogens with two attached hydrogens (primary N) is 1. The van der Waals surface area contributed by atoms with Crippen LogP contribution in [0.15, 0.2) is 30.5 Å². The third-order valence-electron chi connectivity index (χ3n) is 2.72. The molecule has 0 bridgehead atoms. The minimum absolute atomic E-state index is 0.327. The summed E-state index contributed by atoms with van der Waals surface area (Å²) < 4.78 is 5.27. The number of pyridine rings is 1. The molecule has 0 fully saturated rings. The molecule has 2 aromatic rings. The molecule has 0 aliphatic heterocycles. The fraction of sp³-hybridized carbons (Fsp3) is 0.143. The molecule has 0 radical (unpaired) electrons. The van der Waals surface area contributed by atoms with Gasteiger partial charge in [-0.15, -0.1) is 0 Å². The normalized spacial score (nSPS) is 9.74. The lowest BCUT2D eigenvalue weighted by Crippen LogP contribution is -2.02. The number of methoxy groups -OCH3 is 1. The predicted molar refractivity (Wildman–Crippen MR) is 74.4 cm³/mol.